The van der Waals surface area contributed by atoms with Crippen LogP contribution in [-0.4, -0.2) is 15.0 Å². The lowest BCUT2D eigenvalue weighted by atomic mass is 9.82. The quantitative estimate of drug-likeness (QED) is 0.180. The predicted molar refractivity (Wildman–Crippen MR) is 225 cm³/mol. The van der Waals surface area contributed by atoms with E-state index < -0.39 is 0 Å². The van der Waals surface area contributed by atoms with Gasteiger partial charge in [0, 0.05) is 27.7 Å². The first-order valence-electron chi connectivity index (χ1n) is 18.7. The molecule has 0 spiro atoms. The highest BCUT2D eigenvalue weighted by Gasteiger charge is 2.35. The Morgan fingerprint density at radius 3 is 1.80 bits per heavy atom. The van der Waals surface area contributed by atoms with Crippen molar-refractivity contribution in [1.82, 2.24) is 15.0 Å². The fraction of sp³-hybridized carbons (Fsp3) is 0.0784. The molecule has 0 aliphatic heterocycles. The first-order valence-corrected chi connectivity index (χ1v) is 18.7. The average Bonchev–Trinajstić information content (AvgIpc) is 3.35. The van der Waals surface area contributed by atoms with Crippen molar-refractivity contribution in [2.24, 2.45) is 0 Å². The van der Waals surface area contributed by atoms with Crippen LogP contribution in [0.1, 0.15) is 42.5 Å². The van der Waals surface area contributed by atoms with Crippen LogP contribution in [0.15, 0.2) is 164 Å². The third-order valence-electron chi connectivity index (χ3n) is 11.2. The summed E-state index contributed by atoms with van der Waals surface area (Å²) < 4.78 is 0. The molecule has 0 radical (unpaired) electrons. The molecule has 0 bridgehead atoms. The number of rotatable bonds is 5. The van der Waals surface area contributed by atoms with Crippen LogP contribution < -0.4 is 0 Å². The van der Waals surface area contributed by atoms with E-state index in [9.17, 15) is 0 Å². The molecule has 10 rings (SSSR count). The average molecular weight is 692 g/mol. The van der Waals surface area contributed by atoms with Gasteiger partial charge in [-0.25, -0.2) is 15.0 Å². The van der Waals surface area contributed by atoms with E-state index in [0.29, 0.717) is 17.5 Å². The topological polar surface area (TPSA) is 38.7 Å². The second-order valence-corrected chi connectivity index (χ2v) is 14.7. The molecule has 1 heterocycles. The van der Waals surface area contributed by atoms with Crippen LogP contribution in [0.5, 0.6) is 0 Å². The number of allylic oxidation sites excluding steroid dienone is 2. The van der Waals surface area contributed by atoms with Gasteiger partial charge in [-0.1, -0.05) is 172 Å². The largest absolute Gasteiger partial charge is 0.208 e. The summed E-state index contributed by atoms with van der Waals surface area (Å²) in [6.07, 6.45) is 9.80. The minimum Gasteiger partial charge on any atom is -0.208 e. The summed E-state index contributed by atoms with van der Waals surface area (Å²) in [4.78, 5) is 16.1. The van der Waals surface area contributed by atoms with Crippen LogP contribution in [0.4, 0.5) is 0 Å². The van der Waals surface area contributed by atoms with Crippen LogP contribution in [-0.2, 0) is 5.41 Å². The number of nitrogens with zero attached hydrogens (tertiary/aromatic N) is 3. The Kier molecular flexibility index (Phi) is 7.55. The van der Waals surface area contributed by atoms with Crippen molar-refractivity contribution in [3.05, 3.63) is 186 Å². The summed E-state index contributed by atoms with van der Waals surface area (Å²) in [6, 6.07) is 54.1. The van der Waals surface area contributed by atoms with Crippen LogP contribution in [0.2, 0.25) is 0 Å². The maximum absolute atomic E-state index is 5.39. The first-order chi connectivity index (χ1) is 26.5. The number of hydrogen-bond donors (Lipinski definition) is 0. The van der Waals surface area contributed by atoms with Gasteiger partial charge in [-0.2, -0.15) is 0 Å². The molecule has 1 aromatic heterocycles. The Bertz CT molecular complexity index is 2810. The summed E-state index contributed by atoms with van der Waals surface area (Å²) in [5, 5.41) is 2.34. The Morgan fingerprint density at radius 1 is 0.426 bits per heavy atom. The van der Waals surface area contributed by atoms with Crippen LogP contribution in [0, 0.1) is 0 Å². The smallest absolute Gasteiger partial charge is 0.164 e. The van der Waals surface area contributed by atoms with E-state index >= 15 is 0 Å². The lowest BCUT2D eigenvalue weighted by molar-refractivity contribution is 0.660. The molecule has 0 unspecified atom stereocenters. The fourth-order valence-corrected chi connectivity index (χ4v) is 8.47. The van der Waals surface area contributed by atoms with Gasteiger partial charge in [0.05, 0.1) is 0 Å². The third kappa shape index (κ3) is 5.23. The van der Waals surface area contributed by atoms with E-state index in [1.54, 1.807) is 0 Å². The molecule has 0 saturated heterocycles. The van der Waals surface area contributed by atoms with Gasteiger partial charge in [0.2, 0.25) is 0 Å². The Balaban J connectivity index is 1.24. The second-order valence-electron chi connectivity index (χ2n) is 14.7. The second kappa shape index (κ2) is 12.8. The van der Waals surface area contributed by atoms with E-state index in [1.165, 1.54) is 44.3 Å². The molecule has 54 heavy (non-hydrogen) atoms. The molecule has 0 amide bonds. The highest BCUT2D eigenvalue weighted by molar-refractivity contribution is 6.03. The lowest BCUT2D eigenvalue weighted by Gasteiger charge is -2.22. The summed E-state index contributed by atoms with van der Waals surface area (Å²) in [5.41, 5.74) is 14.9. The summed E-state index contributed by atoms with van der Waals surface area (Å²) >= 11 is 0. The van der Waals surface area contributed by atoms with Gasteiger partial charge in [-0.15, -0.1) is 0 Å². The summed E-state index contributed by atoms with van der Waals surface area (Å²) in [5.74, 6) is 1.96. The highest BCUT2D eigenvalue weighted by Crippen LogP contribution is 2.49. The maximum Gasteiger partial charge on any atom is 0.164 e. The van der Waals surface area contributed by atoms with Gasteiger partial charge in [0.1, 0.15) is 0 Å². The summed E-state index contributed by atoms with van der Waals surface area (Å²) in [6.45, 7) is 4.63. The number of benzene rings is 7. The Labute approximate surface area is 316 Å². The van der Waals surface area contributed by atoms with Crippen molar-refractivity contribution in [1.29, 1.82) is 0 Å². The number of aromatic nitrogens is 3. The zero-order chi connectivity index (χ0) is 36.2. The van der Waals surface area contributed by atoms with Crippen molar-refractivity contribution >= 4 is 22.9 Å². The van der Waals surface area contributed by atoms with Gasteiger partial charge >= 0.3 is 0 Å². The van der Waals surface area contributed by atoms with Crippen molar-refractivity contribution in [3.8, 4) is 67.5 Å². The molecule has 3 nitrogen and oxygen atoms in total. The van der Waals surface area contributed by atoms with Crippen LogP contribution in [0.3, 0.4) is 0 Å². The molecule has 2 aliphatic rings. The fourth-order valence-electron chi connectivity index (χ4n) is 8.47. The standard InChI is InChI=1S/C51H37N3/c1-51(2)45-25-15-14-24-41(45)42-28-27-36(32-46(42)51)48-52-49(43-31-30-37(33-16-6-3-7-17-33)39-22-10-5-11-23-40(39)43)54-50(53-48)44-29-26-34-18-12-13-21-38(34)47(44)35-19-8-4-9-20-35/h3-4,6-32H,5H2,1-2H3. The lowest BCUT2D eigenvalue weighted by Crippen LogP contribution is -2.15. The zero-order valence-corrected chi connectivity index (χ0v) is 30.3. The van der Waals surface area contributed by atoms with Crippen molar-refractivity contribution in [2.75, 3.05) is 0 Å². The van der Waals surface area contributed by atoms with E-state index in [-0.39, 0.29) is 5.41 Å². The molecule has 0 N–H and O–H groups in total. The molecule has 8 aromatic rings. The molecule has 7 aromatic carbocycles. The minimum absolute atomic E-state index is 0.152. The molecule has 0 fully saturated rings. The van der Waals surface area contributed by atoms with E-state index in [1.807, 2.05) is 0 Å². The number of fused-ring (bicyclic) bond motifs is 5. The van der Waals surface area contributed by atoms with Gasteiger partial charge in [-0.05, 0) is 85.5 Å². The van der Waals surface area contributed by atoms with Crippen molar-refractivity contribution in [3.63, 3.8) is 0 Å². The number of hydrogen-bond acceptors (Lipinski definition) is 3. The normalized spacial score (nSPS) is 13.7. The molecule has 2 aliphatic carbocycles. The molecule has 3 heteroatoms. The minimum atomic E-state index is -0.152. The van der Waals surface area contributed by atoms with E-state index in [4.69, 9.17) is 15.0 Å². The van der Waals surface area contributed by atoms with Crippen LogP contribution >= 0.6 is 0 Å². The van der Waals surface area contributed by atoms with Gasteiger partial charge < -0.3 is 0 Å². The van der Waals surface area contributed by atoms with Gasteiger partial charge in [0.25, 0.3) is 0 Å². The SMILES string of the molecule is CC1(C)c2ccccc2-c2ccc(-c3nc(-c4ccc(-c5ccccc5)c5c4C=CCC=C5)nc(-c4ccc5ccccc5c4-c4ccccc4)n3)cc21. The Morgan fingerprint density at radius 2 is 1.00 bits per heavy atom. The molecule has 0 atom stereocenters. The van der Waals surface area contributed by atoms with Crippen molar-refractivity contribution in [2.45, 2.75) is 25.7 Å². The predicted octanol–water partition coefficient (Wildman–Crippen LogP) is 13.1. The van der Waals surface area contributed by atoms with E-state index in [2.05, 4.69) is 190 Å². The van der Waals surface area contributed by atoms with Gasteiger partial charge in [0.15, 0.2) is 17.5 Å². The third-order valence-corrected chi connectivity index (χ3v) is 11.2. The van der Waals surface area contributed by atoms with Crippen LogP contribution in [0.25, 0.3) is 90.5 Å². The first kappa shape index (κ1) is 32.0. The molecule has 0 saturated carbocycles. The Hall–Kier alpha value is -6.71. The molecular formula is C51H37N3. The molecule has 256 valence electrons. The van der Waals surface area contributed by atoms with E-state index in [0.717, 1.165) is 45.2 Å². The van der Waals surface area contributed by atoms with Gasteiger partial charge in [-0.3, -0.25) is 0 Å². The summed E-state index contributed by atoms with van der Waals surface area (Å²) in [7, 11) is 0. The molecular weight excluding hydrogens is 655 g/mol. The zero-order valence-electron chi connectivity index (χ0n) is 30.3. The van der Waals surface area contributed by atoms with Crippen molar-refractivity contribution < 1.29 is 0 Å². The maximum atomic E-state index is 5.39. The highest BCUT2D eigenvalue weighted by atomic mass is 15.0. The monoisotopic (exact) mass is 691 g/mol.